The first-order chi connectivity index (χ1) is 30.9. The number of aliphatic hydroxyl groups excluding tert-OH is 1. The van der Waals surface area contributed by atoms with Gasteiger partial charge < -0.3 is 29.1 Å². The van der Waals surface area contributed by atoms with E-state index in [0.29, 0.717) is 19.8 Å². The van der Waals surface area contributed by atoms with E-state index in [1.165, 1.54) is 103 Å². The minimum Gasteiger partial charge on any atom is -0.465 e. The van der Waals surface area contributed by atoms with Gasteiger partial charge in [-0.25, -0.2) is 0 Å². The number of carbonyl (C=O) groups is 2. The summed E-state index contributed by atoms with van der Waals surface area (Å²) in [5.41, 5.74) is 0. The van der Waals surface area contributed by atoms with Gasteiger partial charge in [-0.2, -0.15) is 0 Å². The number of nitrogens with zero attached hydrogens (tertiary/aromatic N) is 3. The summed E-state index contributed by atoms with van der Waals surface area (Å²) in [7, 11) is 2.19. The van der Waals surface area contributed by atoms with E-state index < -0.39 is 0 Å². The predicted octanol–water partition coefficient (Wildman–Crippen LogP) is 12.8. The molecule has 374 valence electrons. The number of ether oxygens (including phenoxy) is 3. The summed E-state index contributed by atoms with van der Waals surface area (Å²) in [6.45, 7) is 18.6. The average molecular weight is 894 g/mol. The number of likely N-dealkylation sites (N-methyl/N-ethyl adjacent to an activating group) is 1. The molecule has 3 atom stereocenters. The van der Waals surface area contributed by atoms with E-state index in [4.69, 9.17) is 14.2 Å². The molecule has 0 amide bonds. The molecule has 0 aliphatic carbocycles. The summed E-state index contributed by atoms with van der Waals surface area (Å²) >= 11 is 0. The Bertz CT molecular complexity index is 937. The fourth-order valence-electron chi connectivity index (χ4n) is 9.18. The Kier molecular flexibility index (Phi) is 42.3. The van der Waals surface area contributed by atoms with Crippen LogP contribution >= 0.6 is 0 Å². The highest BCUT2D eigenvalue weighted by Crippen LogP contribution is 2.22. The minimum atomic E-state index is 0.0455. The minimum absolute atomic E-state index is 0.0455. The van der Waals surface area contributed by atoms with E-state index in [2.05, 4.69) is 49.4 Å². The maximum Gasteiger partial charge on any atom is 0.308 e. The smallest absolute Gasteiger partial charge is 0.308 e. The van der Waals surface area contributed by atoms with Crippen LogP contribution in [0.15, 0.2) is 0 Å². The quantitative estimate of drug-likeness (QED) is 0.0474. The van der Waals surface area contributed by atoms with Crippen molar-refractivity contribution in [2.24, 2.45) is 11.8 Å². The summed E-state index contributed by atoms with van der Waals surface area (Å²) in [4.78, 5) is 33.8. The van der Waals surface area contributed by atoms with Crippen molar-refractivity contribution in [1.82, 2.24) is 14.7 Å². The van der Waals surface area contributed by atoms with E-state index in [9.17, 15) is 14.7 Å². The molecule has 9 nitrogen and oxygen atoms in total. The maximum absolute atomic E-state index is 13.2. The number of unbranched alkanes of at least 4 members (excludes halogenated alkanes) is 22. The number of hydrogen-bond donors (Lipinski definition) is 1. The third-order valence-corrected chi connectivity index (χ3v) is 13.5. The standard InChI is InChI=1S/C54H107N3O6/c1-6-10-14-18-20-28-36-50(34-26-16-12-8-3)53(59)62-45-32-24-22-30-38-56(48-52(61-47-44-58)49-57-42-40-55(5)41-43-57)39-31-23-25-33-46-63-54(60)51(35-27-17-13-9-4)37-29-21-19-15-11-7-2/h50-52,58H,6-49H2,1-5H3. The fraction of sp³-hybridized carbons (Fsp3) is 0.963. The van der Waals surface area contributed by atoms with Crippen LogP contribution in [0.3, 0.4) is 0 Å². The average Bonchev–Trinajstić information content (AvgIpc) is 3.28. The molecule has 0 aromatic rings. The predicted molar refractivity (Wildman–Crippen MR) is 267 cm³/mol. The lowest BCUT2D eigenvalue weighted by Crippen LogP contribution is -2.49. The van der Waals surface area contributed by atoms with Crippen molar-refractivity contribution in [2.45, 2.75) is 239 Å². The van der Waals surface area contributed by atoms with Crippen LogP contribution in [0.1, 0.15) is 233 Å². The third-order valence-electron chi connectivity index (χ3n) is 13.5. The van der Waals surface area contributed by atoms with Gasteiger partial charge in [0.25, 0.3) is 0 Å². The highest BCUT2D eigenvalue weighted by Gasteiger charge is 2.23. The van der Waals surface area contributed by atoms with Crippen LogP contribution in [0.5, 0.6) is 0 Å². The SMILES string of the molecule is CCCCCCCCC(CCCCCC)C(=O)OCCCCCCN(CCCCCCOC(=O)C(CCCCCC)CCCCCCCC)CC(CN1CCN(C)CC1)OCCO. The summed E-state index contributed by atoms with van der Waals surface area (Å²) in [6.07, 6.45) is 37.2. The van der Waals surface area contributed by atoms with Gasteiger partial charge >= 0.3 is 11.9 Å². The molecule has 0 bridgehead atoms. The molecular weight excluding hydrogens is 787 g/mol. The first-order valence-corrected chi connectivity index (χ1v) is 27.6. The van der Waals surface area contributed by atoms with Crippen molar-refractivity contribution >= 4 is 11.9 Å². The van der Waals surface area contributed by atoms with Gasteiger partial charge in [0, 0.05) is 39.3 Å². The van der Waals surface area contributed by atoms with Gasteiger partial charge in [0.15, 0.2) is 0 Å². The highest BCUT2D eigenvalue weighted by molar-refractivity contribution is 5.72. The molecule has 0 radical (unpaired) electrons. The van der Waals surface area contributed by atoms with E-state index in [1.807, 2.05) is 0 Å². The van der Waals surface area contributed by atoms with Gasteiger partial charge in [-0.15, -0.1) is 0 Å². The highest BCUT2D eigenvalue weighted by atomic mass is 16.5. The van der Waals surface area contributed by atoms with Gasteiger partial charge in [0.1, 0.15) is 0 Å². The van der Waals surface area contributed by atoms with Crippen molar-refractivity contribution in [3.63, 3.8) is 0 Å². The number of piperazine rings is 1. The lowest BCUT2D eigenvalue weighted by molar-refractivity contribution is -0.150. The van der Waals surface area contributed by atoms with E-state index in [1.54, 1.807) is 0 Å². The van der Waals surface area contributed by atoms with Crippen LogP contribution in [-0.4, -0.2) is 124 Å². The topological polar surface area (TPSA) is 91.8 Å². The molecule has 0 spiro atoms. The second-order valence-corrected chi connectivity index (χ2v) is 19.5. The monoisotopic (exact) mass is 894 g/mol. The van der Waals surface area contributed by atoms with Crippen LogP contribution in [0.2, 0.25) is 0 Å². The molecule has 1 heterocycles. The number of carbonyl (C=O) groups excluding carboxylic acids is 2. The second kappa shape index (κ2) is 44.6. The molecule has 0 aromatic heterocycles. The summed E-state index contributed by atoms with van der Waals surface area (Å²) < 4.78 is 18.1. The molecule has 1 aliphatic heterocycles. The number of rotatable bonds is 47. The summed E-state index contributed by atoms with van der Waals surface area (Å²) in [6, 6.07) is 0. The van der Waals surface area contributed by atoms with Gasteiger partial charge in [-0.05, 0) is 71.5 Å². The Balaban J connectivity index is 2.61. The van der Waals surface area contributed by atoms with Crippen molar-refractivity contribution in [3.8, 4) is 0 Å². The third kappa shape index (κ3) is 35.6. The van der Waals surface area contributed by atoms with Crippen LogP contribution < -0.4 is 0 Å². The van der Waals surface area contributed by atoms with Crippen LogP contribution in [0, 0.1) is 11.8 Å². The normalized spacial score (nSPS) is 15.2. The van der Waals surface area contributed by atoms with Crippen LogP contribution in [0.25, 0.3) is 0 Å². The van der Waals surface area contributed by atoms with Crippen molar-refractivity contribution < 1.29 is 28.9 Å². The number of hydrogen-bond acceptors (Lipinski definition) is 9. The van der Waals surface area contributed by atoms with E-state index in [0.717, 1.165) is 155 Å². The second-order valence-electron chi connectivity index (χ2n) is 19.5. The molecular formula is C54H107N3O6. The van der Waals surface area contributed by atoms with Gasteiger partial charge in [-0.3, -0.25) is 14.5 Å². The molecule has 9 heteroatoms. The van der Waals surface area contributed by atoms with E-state index >= 15 is 0 Å². The number of esters is 2. The Morgan fingerprint density at radius 1 is 0.492 bits per heavy atom. The molecule has 1 N–H and O–H groups in total. The van der Waals surface area contributed by atoms with Gasteiger partial charge in [-0.1, -0.05) is 182 Å². The molecule has 1 saturated heterocycles. The molecule has 1 fully saturated rings. The first-order valence-electron chi connectivity index (χ1n) is 27.6. The zero-order valence-electron chi connectivity index (χ0n) is 42.7. The Labute approximate surface area is 391 Å². The largest absolute Gasteiger partial charge is 0.465 e. The maximum atomic E-state index is 13.2. The molecule has 0 saturated carbocycles. The molecule has 0 aromatic carbocycles. The fourth-order valence-corrected chi connectivity index (χ4v) is 9.18. The van der Waals surface area contributed by atoms with Gasteiger partial charge in [0.2, 0.25) is 0 Å². The Hall–Kier alpha value is -1.26. The lowest BCUT2D eigenvalue weighted by atomic mass is 9.94. The van der Waals surface area contributed by atoms with Crippen molar-refractivity contribution in [3.05, 3.63) is 0 Å². The summed E-state index contributed by atoms with van der Waals surface area (Å²) in [5.74, 6) is 0.231. The summed E-state index contributed by atoms with van der Waals surface area (Å²) in [5, 5.41) is 9.65. The zero-order valence-corrected chi connectivity index (χ0v) is 42.7. The van der Waals surface area contributed by atoms with Crippen molar-refractivity contribution in [2.75, 3.05) is 85.8 Å². The zero-order chi connectivity index (χ0) is 45.9. The van der Waals surface area contributed by atoms with Gasteiger partial charge in [0.05, 0.1) is 44.4 Å². The van der Waals surface area contributed by atoms with Crippen LogP contribution in [-0.2, 0) is 23.8 Å². The lowest BCUT2D eigenvalue weighted by Gasteiger charge is -2.36. The van der Waals surface area contributed by atoms with Crippen molar-refractivity contribution in [1.29, 1.82) is 0 Å². The Morgan fingerprint density at radius 2 is 0.857 bits per heavy atom. The first kappa shape index (κ1) is 59.8. The van der Waals surface area contributed by atoms with Crippen LogP contribution in [0.4, 0.5) is 0 Å². The van der Waals surface area contributed by atoms with E-state index in [-0.39, 0.29) is 36.5 Å². The number of aliphatic hydroxyl groups is 1. The Morgan fingerprint density at radius 3 is 1.27 bits per heavy atom. The molecule has 1 aliphatic rings. The molecule has 63 heavy (non-hydrogen) atoms. The molecule has 3 unspecified atom stereocenters. The molecule has 1 rings (SSSR count).